The molecule has 0 heterocycles. The summed E-state index contributed by atoms with van der Waals surface area (Å²) in [6.07, 6.45) is 0. The Morgan fingerprint density at radius 3 is 2.62 bits per heavy atom. The van der Waals surface area contributed by atoms with Crippen molar-refractivity contribution in [1.82, 2.24) is 0 Å². The molecular weight excluding hydrogens is 457 g/mol. The minimum absolute atomic E-state index is 0.116. The number of anilines is 1. The van der Waals surface area contributed by atoms with Gasteiger partial charge in [0.25, 0.3) is 0 Å². The molecule has 3 aromatic carbocycles. The van der Waals surface area contributed by atoms with Gasteiger partial charge in [0.15, 0.2) is 11.5 Å². The van der Waals surface area contributed by atoms with Crippen LogP contribution in [-0.2, 0) is 13.2 Å². The standard InChI is InChI=1S/C23H22BrClFNO2/c1-3-28-22-12-16(13-27-21-10-6-8-19(25)15(21)2)11-18(24)23(22)29-14-17-7-4-5-9-20(17)26/h4-12,27H,3,13-14H2,1-2H3. The van der Waals surface area contributed by atoms with E-state index < -0.39 is 0 Å². The highest BCUT2D eigenvalue weighted by molar-refractivity contribution is 9.10. The summed E-state index contributed by atoms with van der Waals surface area (Å²) in [4.78, 5) is 0. The first-order valence-corrected chi connectivity index (χ1v) is 10.5. The molecule has 3 rings (SSSR count). The van der Waals surface area contributed by atoms with Gasteiger partial charge in [-0.05, 0) is 71.2 Å². The maximum Gasteiger partial charge on any atom is 0.175 e. The molecule has 0 radical (unpaired) electrons. The fourth-order valence-corrected chi connectivity index (χ4v) is 3.67. The Balaban J connectivity index is 1.78. The molecule has 0 unspecified atom stereocenters. The van der Waals surface area contributed by atoms with E-state index >= 15 is 0 Å². The summed E-state index contributed by atoms with van der Waals surface area (Å²) in [5, 5.41) is 4.13. The molecule has 0 atom stereocenters. The molecule has 6 heteroatoms. The van der Waals surface area contributed by atoms with Gasteiger partial charge in [0.2, 0.25) is 0 Å². The van der Waals surface area contributed by atoms with Gasteiger partial charge >= 0.3 is 0 Å². The molecule has 152 valence electrons. The van der Waals surface area contributed by atoms with Crippen LogP contribution < -0.4 is 14.8 Å². The second kappa shape index (κ2) is 9.99. The number of hydrogen-bond acceptors (Lipinski definition) is 3. The maximum atomic E-state index is 13.9. The first kappa shape index (κ1) is 21.5. The minimum Gasteiger partial charge on any atom is -0.490 e. The summed E-state index contributed by atoms with van der Waals surface area (Å²) < 4.78 is 26.3. The van der Waals surface area contributed by atoms with Crippen LogP contribution in [0.1, 0.15) is 23.6 Å². The molecule has 0 aliphatic rings. The lowest BCUT2D eigenvalue weighted by Gasteiger charge is -2.17. The lowest BCUT2D eigenvalue weighted by molar-refractivity contribution is 0.264. The Labute approximate surface area is 183 Å². The summed E-state index contributed by atoms with van der Waals surface area (Å²) in [6.45, 7) is 5.09. The average molecular weight is 479 g/mol. The summed E-state index contributed by atoms with van der Waals surface area (Å²) in [5.74, 6) is 0.870. The Morgan fingerprint density at radius 2 is 1.86 bits per heavy atom. The Kier molecular flexibility index (Phi) is 7.40. The Hall–Kier alpha value is -2.24. The molecule has 3 aromatic rings. The van der Waals surface area contributed by atoms with Crippen molar-refractivity contribution in [2.45, 2.75) is 27.0 Å². The van der Waals surface area contributed by atoms with Gasteiger partial charge in [-0.25, -0.2) is 4.39 Å². The number of halogens is 3. The van der Waals surface area contributed by atoms with E-state index in [1.54, 1.807) is 18.2 Å². The van der Waals surface area contributed by atoms with Gasteiger partial charge in [-0.1, -0.05) is 35.9 Å². The van der Waals surface area contributed by atoms with Gasteiger partial charge in [-0.3, -0.25) is 0 Å². The molecule has 0 aliphatic carbocycles. The van der Waals surface area contributed by atoms with Crippen LogP contribution in [0.15, 0.2) is 59.1 Å². The third-order valence-corrected chi connectivity index (χ3v) is 5.45. The molecule has 0 amide bonds. The van der Waals surface area contributed by atoms with Crippen LogP contribution in [0.4, 0.5) is 10.1 Å². The topological polar surface area (TPSA) is 30.5 Å². The van der Waals surface area contributed by atoms with Crippen molar-refractivity contribution in [3.63, 3.8) is 0 Å². The molecule has 0 saturated heterocycles. The third kappa shape index (κ3) is 5.43. The molecule has 29 heavy (non-hydrogen) atoms. The van der Waals surface area contributed by atoms with Crippen LogP contribution in [0.2, 0.25) is 5.02 Å². The quantitative estimate of drug-likeness (QED) is 0.373. The van der Waals surface area contributed by atoms with E-state index in [1.165, 1.54) is 6.07 Å². The predicted octanol–water partition coefficient (Wildman–Crippen LogP) is 7.14. The summed E-state index contributed by atoms with van der Waals surface area (Å²) >= 11 is 9.76. The van der Waals surface area contributed by atoms with Crippen LogP contribution in [0, 0.1) is 12.7 Å². The van der Waals surface area contributed by atoms with E-state index in [-0.39, 0.29) is 12.4 Å². The molecular formula is C23H22BrClFNO2. The van der Waals surface area contributed by atoms with Crippen molar-refractivity contribution in [3.05, 3.63) is 86.6 Å². The second-order valence-electron chi connectivity index (χ2n) is 6.48. The van der Waals surface area contributed by atoms with Crippen LogP contribution in [0.5, 0.6) is 11.5 Å². The molecule has 0 fully saturated rings. The zero-order valence-corrected chi connectivity index (χ0v) is 18.6. The van der Waals surface area contributed by atoms with Gasteiger partial charge in [-0.15, -0.1) is 0 Å². The zero-order chi connectivity index (χ0) is 20.8. The Bertz CT molecular complexity index is 997. The van der Waals surface area contributed by atoms with E-state index in [0.29, 0.717) is 30.2 Å². The van der Waals surface area contributed by atoms with Gasteiger partial charge in [0.05, 0.1) is 11.1 Å². The summed E-state index contributed by atoms with van der Waals surface area (Å²) in [5.41, 5.74) is 3.48. The number of rotatable bonds is 8. The molecule has 0 bridgehead atoms. The van der Waals surface area contributed by atoms with E-state index in [0.717, 1.165) is 26.3 Å². The number of nitrogens with one attached hydrogen (secondary N) is 1. The monoisotopic (exact) mass is 477 g/mol. The fraction of sp³-hybridized carbons (Fsp3) is 0.217. The average Bonchev–Trinajstić information content (AvgIpc) is 2.70. The highest BCUT2D eigenvalue weighted by Crippen LogP contribution is 2.38. The van der Waals surface area contributed by atoms with Crippen LogP contribution in [0.3, 0.4) is 0 Å². The van der Waals surface area contributed by atoms with Crippen molar-refractivity contribution >= 4 is 33.2 Å². The second-order valence-corrected chi connectivity index (χ2v) is 7.75. The van der Waals surface area contributed by atoms with Crippen molar-refractivity contribution in [1.29, 1.82) is 0 Å². The highest BCUT2D eigenvalue weighted by atomic mass is 79.9. The molecule has 0 aromatic heterocycles. The van der Waals surface area contributed by atoms with Gasteiger partial charge in [0, 0.05) is 22.8 Å². The van der Waals surface area contributed by atoms with Crippen LogP contribution >= 0.6 is 27.5 Å². The largest absolute Gasteiger partial charge is 0.490 e. The fourth-order valence-electron chi connectivity index (χ4n) is 2.89. The number of benzene rings is 3. The minimum atomic E-state index is -0.292. The molecule has 0 spiro atoms. The SMILES string of the molecule is CCOc1cc(CNc2cccc(Cl)c2C)cc(Br)c1OCc1ccccc1F. The van der Waals surface area contributed by atoms with Crippen molar-refractivity contribution in [2.24, 2.45) is 0 Å². The number of ether oxygens (including phenoxy) is 2. The van der Waals surface area contributed by atoms with Crippen LogP contribution in [0.25, 0.3) is 0 Å². The van der Waals surface area contributed by atoms with Crippen molar-refractivity contribution < 1.29 is 13.9 Å². The predicted molar refractivity (Wildman–Crippen MR) is 120 cm³/mol. The van der Waals surface area contributed by atoms with E-state index in [1.807, 2.05) is 44.2 Å². The van der Waals surface area contributed by atoms with E-state index in [9.17, 15) is 4.39 Å². The van der Waals surface area contributed by atoms with E-state index in [4.69, 9.17) is 21.1 Å². The van der Waals surface area contributed by atoms with E-state index in [2.05, 4.69) is 21.2 Å². The summed E-state index contributed by atoms with van der Waals surface area (Å²) in [7, 11) is 0. The third-order valence-electron chi connectivity index (χ3n) is 4.45. The van der Waals surface area contributed by atoms with Crippen LogP contribution in [-0.4, -0.2) is 6.61 Å². The normalized spacial score (nSPS) is 10.7. The van der Waals surface area contributed by atoms with Gasteiger partial charge < -0.3 is 14.8 Å². The molecule has 0 saturated carbocycles. The van der Waals surface area contributed by atoms with Crippen molar-refractivity contribution in [2.75, 3.05) is 11.9 Å². The maximum absolute atomic E-state index is 13.9. The molecule has 1 N–H and O–H groups in total. The lowest BCUT2D eigenvalue weighted by atomic mass is 10.1. The highest BCUT2D eigenvalue weighted by Gasteiger charge is 2.14. The lowest BCUT2D eigenvalue weighted by Crippen LogP contribution is -2.05. The zero-order valence-electron chi connectivity index (χ0n) is 16.3. The van der Waals surface area contributed by atoms with Gasteiger partial charge in [0.1, 0.15) is 12.4 Å². The first-order valence-electron chi connectivity index (χ1n) is 9.30. The first-order chi connectivity index (χ1) is 14.0. The number of hydrogen-bond donors (Lipinski definition) is 1. The molecule has 0 aliphatic heterocycles. The van der Waals surface area contributed by atoms with Gasteiger partial charge in [-0.2, -0.15) is 0 Å². The van der Waals surface area contributed by atoms with Crippen molar-refractivity contribution in [3.8, 4) is 11.5 Å². The molecule has 3 nitrogen and oxygen atoms in total. The smallest absolute Gasteiger partial charge is 0.175 e. The Morgan fingerprint density at radius 1 is 1.07 bits per heavy atom. The summed E-state index contributed by atoms with van der Waals surface area (Å²) in [6, 6.07) is 16.2.